The highest BCUT2D eigenvalue weighted by molar-refractivity contribution is 7.91. The Balaban J connectivity index is 1.43. The van der Waals surface area contributed by atoms with E-state index in [9.17, 15) is 32.4 Å². The van der Waals surface area contributed by atoms with Crippen LogP contribution in [0.15, 0.2) is 12.7 Å². The number of hydrogen-bond acceptors (Lipinski definition) is 8. The second-order valence-corrected chi connectivity index (χ2v) is 20.3. The van der Waals surface area contributed by atoms with Crippen LogP contribution in [0.25, 0.3) is 0 Å². The third-order valence-corrected chi connectivity index (χ3v) is 14.5. The molecule has 4 saturated carbocycles. The second kappa shape index (κ2) is 11.9. The molecule has 50 heavy (non-hydrogen) atoms. The van der Waals surface area contributed by atoms with Crippen LogP contribution in [0.2, 0.25) is 0 Å². The molecule has 0 bridgehead atoms. The Morgan fingerprint density at radius 2 is 1.56 bits per heavy atom. The van der Waals surface area contributed by atoms with Crippen LogP contribution >= 0.6 is 0 Å². The molecule has 14 heteroatoms. The van der Waals surface area contributed by atoms with Crippen LogP contribution in [0.1, 0.15) is 100 Å². The van der Waals surface area contributed by atoms with E-state index in [0.717, 1.165) is 19.3 Å². The minimum atomic E-state index is -3.87. The molecule has 2 spiro atoms. The molecular formula is C36H57N5O8S. The summed E-state index contributed by atoms with van der Waals surface area (Å²) in [6.07, 6.45) is 4.05. The van der Waals surface area contributed by atoms with E-state index in [1.165, 1.54) is 11.0 Å². The van der Waals surface area contributed by atoms with Crippen molar-refractivity contribution in [3.05, 3.63) is 12.7 Å². The number of sulfonamides is 1. The van der Waals surface area contributed by atoms with E-state index in [1.807, 2.05) is 0 Å². The molecule has 5 rings (SSSR count). The van der Waals surface area contributed by atoms with Gasteiger partial charge in [0.1, 0.15) is 17.6 Å². The fourth-order valence-corrected chi connectivity index (χ4v) is 10.4. The van der Waals surface area contributed by atoms with Crippen molar-refractivity contribution in [2.75, 3.05) is 20.6 Å². The summed E-state index contributed by atoms with van der Waals surface area (Å²) in [5.41, 5.74) is -3.58. The molecule has 5 amide bonds. The summed E-state index contributed by atoms with van der Waals surface area (Å²) in [5.74, 6) is -2.69. The molecule has 1 aliphatic heterocycles. The number of carbonyl (C=O) groups is 5. The van der Waals surface area contributed by atoms with Gasteiger partial charge in [-0.2, -0.15) is 0 Å². The monoisotopic (exact) mass is 719 g/mol. The number of amides is 5. The number of hydrogen-bond donors (Lipinski definition) is 3. The molecule has 0 aromatic rings. The first-order valence-corrected chi connectivity index (χ1v) is 19.4. The second-order valence-electron chi connectivity index (χ2n) is 18.3. The van der Waals surface area contributed by atoms with Gasteiger partial charge >= 0.3 is 6.09 Å². The molecule has 0 unspecified atom stereocenters. The number of ether oxygens (including phenoxy) is 1. The summed E-state index contributed by atoms with van der Waals surface area (Å²) in [6.45, 7) is 19.2. The van der Waals surface area contributed by atoms with E-state index in [0.29, 0.717) is 25.8 Å². The average Bonchev–Trinajstić information content (AvgIpc) is 3.90. The van der Waals surface area contributed by atoms with Crippen molar-refractivity contribution in [2.45, 2.75) is 129 Å². The minimum Gasteiger partial charge on any atom is -0.436 e. The largest absolute Gasteiger partial charge is 0.436 e. The Bertz CT molecular complexity index is 1590. The highest BCUT2D eigenvalue weighted by atomic mass is 32.2. The lowest BCUT2D eigenvalue weighted by Crippen LogP contribution is -2.60. The van der Waals surface area contributed by atoms with Gasteiger partial charge < -0.3 is 25.2 Å². The fourth-order valence-electron chi connectivity index (χ4n) is 8.99. The van der Waals surface area contributed by atoms with Crippen LogP contribution in [0.4, 0.5) is 4.79 Å². The maximum atomic E-state index is 14.7. The fraction of sp³-hybridized carbons (Fsp3) is 0.806. The topological polar surface area (TPSA) is 171 Å². The zero-order valence-corrected chi connectivity index (χ0v) is 32.2. The lowest BCUT2D eigenvalue weighted by Gasteiger charge is -2.37. The zero-order valence-electron chi connectivity index (χ0n) is 31.4. The van der Waals surface area contributed by atoms with Gasteiger partial charge in [-0.1, -0.05) is 67.9 Å². The Morgan fingerprint density at radius 3 is 1.98 bits per heavy atom. The predicted octanol–water partition coefficient (Wildman–Crippen LogP) is 3.10. The van der Waals surface area contributed by atoms with Crippen LogP contribution in [-0.4, -0.2) is 97.6 Å². The van der Waals surface area contributed by atoms with Gasteiger partial charge in [-0.3, -0.25) is 23.9 Å². The number of alkyl carbamates (subject to hydrolysis) is 1. The minimum absolute atomic E-state index is 0.0275. The molecule has 6 atom stereocenters. The molecule has 1 saturated heterocycles. The summed E-state index contributed by atoms with van der Waals surface area (Å²) in [6, 6.07) is -2.10. The first-order chi connectivity index (χ1) is 22.8. The lowest BCUT2D eigenvalue weighted by molar-refractivity contribution is -0.144. The first kappa shape index (κ1) is 38.1. The number of likely N-dealkylation sites (N-methyl/N-ethyl adjacent to an activating group) is 1. The van der Waals surface area contributed by atoms with Gasteiger partial charge in [0, 0.05) is 37.4 Å². The van der Waals surface area contributed by atoms with Crippen molar-refractivity contribution in [2.24, 2.45) is 33.0 Å². The summed E-state index contributed by atoms with van der Waals surface area (Å²) >= 11 is 0. The molecule has 3 N–H and O–H groups in total. The molecule has 0 aromatic heterocycles. The van der Waals surface area contributed by atoms with Crippen LogP contribution in [-0.2, 0) is 33.9 Å². The lowest BCUT2D eigenvalue weighted by atomic mass is 9.73. The number of nitrogens with one attached hydrogen (secondary N) is 3. The average molecular weight is 720 g/mol. The van der Waals surface area contributed by atoms with Gasteiger partial charge in [-0.15, -0.1) is 6.58 Å². The van der Waals surface area contributed by atoms with E-state index < -0.39 is 85.5 Å². The Hall–Kier alpha value is -3.16. The normalized spacial score (nSPS) is 30.4. The molecule has 0 aromatic carbocycles. The summed E-state index contributed by atoms with van der Waals surface area (Å²) in [4.78, 5) is 72.0. The van der Waals surface area contributed by atoms with Crippen LogP contribution in [0.3, 0.4) is 0 Å². The van der Waals surface area contributed by atoms with Gasteiger partial charge in [-0.05, 0) is 54.8 Å². The van der Waals surface area contributed by atoms with Gasteiger partial charge in [0.2, 0.25) is 21.8 Å². The van der Waals surface area contributed by atoms with Crippen molar-refractivity contribution in [3.8, 4) is 0 Å². The number of nitrogens with zero attached hydrogens (tertiary/aromatic N) is 2. The van der Waals surface area contributed by atoms with Gasteiger partial charge in [0.15, 0.2) is 6.10 Å². The summed E-state index contributed by atoms with van der Waals surface area (Å²) < 4.78 is 33.3. The molecule has 4 aliphatic carbocycles. The highest BCUT2D eigenvalue weighted by Gasteiger charge is 2.85. The molecule has 280 valence electrons. The van der Waals surface area contributed by atoms with Crippen molar-refractivity contribution in [3.63, 3.8) is 0 Å². The van der Waals surface area contributed by atoms with E-state index in [4.69, 9.17) is 4.74 Å². The highest BCUT2D eigenvalue weighted by Crippen LogP contribution is 2.88. The number of carbonyl (C=O) groups excluding carboxylic acids is 5. The van der Waals surface area contributed by atoms with E-state index in [-0.39, 0.29) is 22.7 Å². The van der Waals surface area contributed by atoms with E-state index >= 15 is 0 Å². The maximum absolute atomic E-state index is 14.7. The smallest absolute Gasteiger partial charge is 0.408 e. The first-order valence-electron chi connectivity index (χ1n) is 17.8. The molecule has 13 nitrogen and oxygen atoms in total. The third kappa shape index (κ3) is 6.00. The predicted molar refractivity (Wildman–Crippen MR) is 187 cm³/mol. The van der Waals surface area contributed by atoms with Crippen molar-refractivity contribution >= 4 is 39.7 Å². The quantitative estimate of drug-likeness (QED) is 0.289. The number of likely N-dealkylation sites (tertiary alicyclic amines) is 1. The molecular weight excluding hydrogens is 662 g/mol. The number of fused-ring (bicyclic) bond motifs is 1. The van der Waals surface area contributed by atoms with E-state index in [1.54, 1.807) is 60.5 Å². The Morgan fingerprint density at radius 1 is 0.960 bits per heavy atom. The van der Waals surface area contributed by atoms with Gasteiger partial charge in [0.25, 0.3) is 11.8 Å². The van der Waals surface area contributed by atoms with Crippen LogP contribution < -0.4 is 15.4 Å². The molecule has 5 fully saturated rings. The molecule has 0 radical (unpaired) electrons. The number of rotatable bonds is 10. The third-order valence-electron chi connectivity index (χ3n) is 12.7. The van der Waals surface area contributed by atoms with Gasteiger partial charge in [0.05, 0.1) is 5.25 Å². The van der Waals surface area contributed by atoms with Crippen LogP contribution in [0.5, 0.6) is 0 Å². The van der Waals surface area contributed by atoms with Crippen molar-refractivity contribution in [1.82, 2.24) is 25.2 Å². The molecule has 1 heterocycles. The maximum Gasteiger partial charge on any atom is 0.408 e. The Kier molecular flexibility index (Phi) is 9.10. The standard InChI is InChI=1S/C36H57N5O8S/c1-12-21-18-36(21,29(45)39-50(47,48)22-14-15-22)38-26(42)23-19-35(33(8,9)34(35)16-13-17-34)20-41(23)27(43)24(31(2,3)4)37-30(46)49-25(32(5,6)7)28(44)40(10)11/h12,21-25H,1,13-20H2,2-11H3,(H,37,46)(H,38,42)(H,39,45)/t21-,23+,24-,25-,35-,36-/m1/s1. The van der Waals surface area contributed by atoms with Gasteiger partial charge in [-0.25, -0.2) is 13.2 Å². The SMILES string of the molecule is C=C[C@@H]1C[C@]1(NC(=O)[C@@H]1C[C@@]2(CN1C(=O)[C@@H](NC(=O)O[C@H](C(=O)N(C)C)C(C)(C)C)C(C)(C)C)C(C)(C)C21CCC1)C(=O)NS(=O)(=O)C1CC1. The molecule has 5 aliphatic rings. The van der Waals surface area contributed by atoms with E-state index in [2.05, 4.69) is 35.8 Å². The van der Waals surface area contributed by atoms with Crippen LogP contribution in [0, 0.1) is 33.0 Å². The zero-order chi connectivity index (χ0) is 37.6. The Labute approximate surface area is 297 Å². The van der Waals surface area contributed by atoms with Crippen molar-refractivity contribution < 1.29 is 37.1 Å². The summed E-state index contributed by atoms with van der Waals surface area (Å²) in [5, 5.41) is 5.01. The van der Waals surface area contributed by atoms with Crippen molar-refractivity contribution in [1.29, 1.82) is 0 Å². The summed E-state index contributed by atoms with van der Waals surface area (Å²) in [7, 11) is -0.719.